The van der Waals surface area contributed by atoms with E-state index in [1.165, 1.54) is 4.57 Å². The van der Waals surface area contributed by atoms with E-state index in [0.717, 1.165) is 18.7 Å². The van der Waals surface area contributed by atoms with E-state index >= 15 is 0 Å². The molecule has 0 saturated heterocycles. The molecular weight excluding hydrogens is 240 g/mol. The summed E-state index contributed by atoms with van der Waals surface area (Å²) in [5.41, 5.74) is -0.183. The molecule has 1 heterocycles. The van der Waals surface area contributed by atoms with E-state index in [-0.39, 0.29) is 11.7 Å². The topological polar surface area (TPSA) is 71.9 Å². The van der Waals surface area contributed by atoms with Crippen molar-refractivity contribution in [1.82, 2.24) is 20.1 Å². The van der Waals surface area contributed by atoms with Gasteiger partial charge in [-0.3, -0.25) is 4.57 Å². The van der Waals surface area contributed by atoms with E-state index in [1.54, 1.807) is 25.9 Å². The van der Waals surface area contributed by atoms with Gasteiger partial charge in [-0.05, 0) is 13.0 Å². The molecule has 17 heavy (non-hydrogen) atoms. The summed E-state index contributed by atoms with van der Waals surface area (Å²) < 4.78 is 6.66. The smallest absolute Gasteiger partial charge is 0.343 e. The highest BCUT2D eigenvalue weighted by molar-refractivity contribution is 7.99. The van der Waals surface area contributed by atoms with E-state index < -0.39 is 0 Å². The molecule has 0 fully saturated rings. The van der Waals surface area contributed by atoms with Crippen LogP contribution in [0, 0.1) is 0 Å². The number of ether oxygens (including phenoxy) is 1. The normalized spacial score (nSPS) is 12.9. The zero-order valence-corrected chi connectivity index (χ0v) is 11.3. The van der Waals surface area contributed by atoms with E-state index in [9.17, 15) is 4.79 Å². The monoisotopic (exact) mass is 260 g/mol. The average molecular weight is 260 g/mol. The molecular formula is C10H20N4O2S. The molecule has 1 unspecified atom stereocenters. The van der Waals surface area contributed by atoms with Crippen LogP contribution in [0.25, 0.3) is 0 Å². The maximum absolute atomic E-state index is 11.2. The van der Waals surface area contributed by atoms with Gasteiger partial charge in [0.25, 0.3) is 0 Å². The summed E-state index contributed by atoms with van der Waals surface area (Å²) in [4.78, 5) is 11.2. The maximum atomic E-state index is 11.2. The van der Waals surface area contributed by atoms with Crippen molar-refractivity contribution in [3.8, 4) is 0 Å². The molecule has 0 bridgehead atoms. The molecule has 6 nitrogen and oxygen atoms in total. The third kappa shape index (κ3) is 4.53. The Balaban J connectivity index is 2.45. The second kappa shape index (κ2) is 7.52. The van der Waals surface area contributed by atoms with E-state index in [1.807, 2.05) is 0 Å². The number of aromatic nitrogens is 3. The second-order valence-corrected chi connectivity index (χ2v) is 4.77. The molecule has 98 valence electrons. The molecule has 0 spiro atoms. The highest BCUT2D eigenvalue weighted by Gasteiger charge is 2.11. The molecule has 0 radical (unpaired) electrons. The number of H-pyrrole nitrogens is 1. The van der Waals surface area contributed by atoms with Gasteiger partial charge in [0.15, 0.2) is 5.16 Å². The SMILES string of the molecule is CCCNC(COC)CSc1n[nH]c(=O)n1C. The number of hydrogen-bond donors (Lipinski definition) is 2. The predicted octanol–water partition coefficient (Wildman–Crippen LogP) is 0.215. The lowest BCUT2D eigenvalue weighted by atomic mass is 10.3. The predicted molar refractivity (Wildman–Crippen MR) is 68.5 cm³/mol. The van der Waals surface area contributed by atoms with Gasteiger partial charge in [-0.2, -0.15) is 0 Å². The summed E-state index contributed by atoms with van der Waals surface area (Å²) in [6, 6.07) is 0.275. The first-order valence-electron chi connectivity index (χ1n) is 5.65. The van der Waals surface area contributed by atoms with Gasteiger partial charge in [-0.15, -0.1) is 5.10 Å². The van der Waals surface area contributed by atoms with Crippen molar-refractivity contribution in [2.24, 2.45) is 7.05 Å². The number of rotatable bonds is 8. The Morgan fingerprint density at radius 1 is 1.65 bits per heavy atom. The molecule has 1 aromatic heterocycles. The minimum Gasteiger partial charge on any atom is -0.383 e. The molecule has 0 aromatic carbocycles. The van der Waals surface area contributed by atoms with Crippen molar-refractivity contribution in [3.63, 3.8) is 0 Å². The Kier molecular flexibility index (Phi) is 6.31. The number of nitrogens with one attached hydrogen (secondary N) is 2. The van der Waals surface area contributed by atoms with E-state index in [0.29, 0.717) is 11.8 Å². The van der Waals surface area contributed by atoms with Crippen molar-refractivity contribution in [1.29, 1.82) is 0 Å². The zero-order valence-electron chi connectivity index (χ0n) is 10.5. The van der Waals surface area contributed by atoms with Gasteiger partial charge in [-0.1, -0.05) is 18.7 Å². The molecule has 0 aliphatic heterocycles. The van der Waals surface area contributed by atoms with Gasteiger partial charge in [0, 0.05) is 26.0 Å². The summed E-state index contributed by atoms with van der Waals surface area (Å²) in [5, 5.41) is 10.5. The van der Waals surface area contributed by atoms with Gasteiger partial charge in [0.1, 0.15) is 0 Å². The molecule has 0 saturated carbocycles. The minimum absolute atomic E-state index is 0.183. The van der Waals surface area contributed by atoms with Crippen molar-refractivity contribution >= 4 is 11.8 Å². The van der Waals surface area contributed by atoms with Crippen LogP contribution in [0.5, 0.6) is 0 Å². The number of hydrogen-bond acceptors (Lipinski definition) is 5. The van der Waals surface area contributed by atoms with Crippen LogP contribution in [0.1, 0.15) is 13.3 Å². The fourth-order valence-electron chi connectivity index (χ4n) is 1.35. The number of aromatic amines is 1. The van der Waals surface area contributed by atoms with Gasteiger partial charge in [-0.25, -0.2) is 9.89 Å². The van der Waals surface area contributed by atoms with E-state index in [4.69, 9.17) is 4.74 Å². The number of thioether (sulfide) groups is 1. The lowest BCUT2D eigenvalue weighted by molar-refractivity contribution is 0.174. The van der Waals surface area contributed by atoms with Crippen LogP contribution >= 0.6 is 11.8 Å². The molecule has 1 atom stereocenters. The highest BCUT2D eigenvalue weighted by Crippen LogP contribution is 2.13. The van der Waals surface area contributed by atoms with Crippen molar-refractivity contribution < 1.29 is 4.74 Å². The average Bonchev–Trinajstić information content (AvgIpc) is 2.64. The summed E-state index contributed by atoms with van der Waals surface area (Å²) in [5.74, 6) is 0.825. The maximum Gasteiger partial charge on any atom is 0.343 e. The third-order valence-corrected chi connectivity index (χ3v) is 3.50. The second-order valence-electron chi connectivity index (χ2n) is 3.79. The van der Waals surface area contributed by atoms with Crippen molar-refractivity contribution in [2.75, 3.05) is 26.0 Å². The highest BCUT2D eigenvalue weighted by atomic mass is 32.2. The Hall–Kier alpha value is -0.790. The molecule has 0 aliphatic carbocycles. The van der Waals surface area contributed by atoms with Crippen molar-refractivity contribution in [3.05, 3.63) is 10.5 Å². The Labute approximate surface area is 105 Å². The van der Waals surface area contributed by atoms with Crippen LogP contribution in [-0.4, -0.2) is 46.8 Å². The fourth-order valence-corrected chi connectivity index (χ4v) is 2.30. The quantitative estimate of drug-likeness (QED) is 0.654. The summed E-state index contributed by atoms with van der Waals surface area (Å²) in [7, 11) is 3.40. The van der Waals surface area contributed by atoms with Crippen LogP contribution in [0.15, 0.2) is 9.95 Å². The summed E-state index contributed by atoms with van der Waals surface area (Å²) >= 11 is 1.54. The van der Waals surface area contributed by atoms with Crippen molar-refractivity contribution in [2.45, 2.75) is 24.5 Å². The van der Waals surface area contributed by atoms with Crippen LogP contribution in [0.3, 0.4) is 0 Å². The standard InChI is InChI=1S/C10H20N4O2S/c1-4-5-11-8(6-16-3)7-17-10-13-12-9(15)14(10)2/h8,11H,4-7H2,1-3H3,(H,12,15). The van der Waals surface area contributed by atoms with Gasteiger partial charge in [0.2, 0.25) is 0 Å². The first kappa shape index (κ1) is 14.3. The van der Waals surface area contributed by atoms with Gasteiger partial charge < -0.3 is 10.1 Å². The molecule has 7 heteroatoms. The molecule has 0 amide bonds. The molecule has 2 N–H and O–H groups in total. The first-order valence-corrected chi connectivity index (χ1v) is 6.64. The fraction of sp³-hybridized carbons (Fsp3) is 0.800. The Morgan fingerprint density at radius 3 is 2.94 bits per heavy atom. The number of nitrogens with zero attached hydrogens (tertiary/aromatic N) is 2. The van der Waals surface area contributed by atoms with Crippen LogP contribution in [-0.2, 0) is 11.8 Å². The Morgan fingerprint density at radius 2 is 2.41 bits per heavy atom. The molecule has 0 aliphatic rings. The summed E-state index contributed by atoms with van der Waals surface area (Å²) in [6.45, 7) is 3.75. The van der Waals surface area contributed by atoms with Gasteiger partial charge in [0.05, 0.1) is 6.61 Å². The first-order chi connectivity index (χ1) is 8.19. The van der Waals surface area contributed by atoms with E-state index in [2.05, 4.69) is 22.4 Å². The Bertz CT molecular complexity index is 377. The van der Waals surface area contributed by atoms with Crippen LogP contribution in [0.4, 0.5) is 0 Å². The zero-order chi connectivity index (χ0) is 12.7. The third-order valence-electron chi connectivity index (χ3n) is 2.30. The van der Waals surface area contributed by atoms with Crippen LogP contribution in [0.2, 0.25) is 0 Å². The lowest BCUT2D eigenvalue weighted by Crippen LogP contribution is -2.36. The van der Waals surface area contributed by atoms with Gasteiger partial charge >= 0.3 is 5.69 Å². The minimum atomic E-state index is -0.183. The molecule has 1 aromatic rings. The lowest BCUT2D eigenvalue weighted by Gasteiger charge is -2.16. The summed E-state index contributed by atoms with van der Waals surface area (Å²) in [6.07, 6.45) is 1.09. The molecule has 1 rings (SSSR count). The largest absolute Gasteiger partial charge is 0.383 e. The van der Waals surface area contributed by atoms with Crippen LogP contribution < -0.4 is 11.0 Å². The number of methoxy groups -OCH3 is 1.